The van der Waals surface area contributed by atoms with Gasteiger partial charge in [0, 0.05) is 26.2 Å². The number of nitrogens with zero attached hydrogens (tertiary/aromatic N) is 4. The number of aromatic nitrogens is 3. The molecule has 8 nitrogen and oxygen atoms in total. The van der Waals surface area contributed by atoms with Gasteiger partial charge in [0.15, 0.2) is 5.69 Å². The summed E-state index contributed by atoms with van der Waals surface area (Å²) in [5.41, 5.74) is 1.46. The highest BCUT2D eigenvalue weighted by Gasteiger charge is 2.22. The predicted octanol–water partition coefficient (Wildman–Crippen LogP) is 1.75. The Labute approximate surface area is 171 Å². The van der Waals surface area contributed by atoms with Crippen molar-refractivity contribution >= 4 is 12.0 Å². The molecule has 3 rings (SSSR count). The topological polar surface area (TPSA) is 92.5 Å². The molecule has 0 saturated carbocycles. The summed E-state index contributed by atoms with van der Waals surface area (Å²) in [7, 11) is 1.67. The molecule has 0 aliphatic carbocycles. The van der Waals surface area contributed by atoms with E-state index in [-0.39, 0.29) is 18.6 Å². The van der Waals surface area contributed by atoms with Gasteiger partial charge in [0.1, 0.15) is 5.75 Å². The quantitative estimate of drug-likeness (QED) is 0.624. The summed E-state index contributed by atoms with van der Waals surface area (Å²) in [6, 6.07) is 8.20. The van der Waals surface area contributed by atoms with E-state index in [2.05, 4.69) is 32.7 Å². The number of ether oxygens (including phenoxy) is 1. The molecule has 29 heavy (non-hydrogen) atoms. The zero-order valence-electron chi connectivity index (χ0n) is 16.8. The molecular formula is C21H29N5O3. The minimum Gasteiger partial charge on any atom is -0.497 e. The molecule has 156 valence electrons. The van der Waals surface area contributed by atoms with Gasteiger partial charge in [-0.2, -0.15) is 0 Å². The maximum Gasteiger partial charge on any atom is 0.273 e. The van der Waals surface area contributed by atoms with E-state index >= 15 is 0 Å². The number of amides is 1. The largest absolute Gasteiger partial charge is 0.497 e. The Balaban J connectivity index is 1.51. The molecule has 0 radical (unpaired) electrons. The van der Waals surface area contributed by atoms with Gasteiger partial charge in [-0.1, -0.05) is 29.5 Å². The van der Waals surface area contributed by atoms with Crippen molar-refractivity contribution in [2.75, 3.05) is 39.9 Å². The van der Waals surface area contributed by atoms with Gasteiger partial charge in [-0.15, -0.1) is 5.10 Å². The molecule has 1 aromatic carbocycles. The summed E-state index contributed by atoms with van der Waals surface area (Å²) in [5.74, 6) is 0.607. The summed E-state index contributed by atoms with van der Waals surface area (Å²) < 4.78 is 6.99. The van der Waals surface area contributed by atoms with Crippen LogP contribution in [0, 0.1) is 0 Å². The van der Waals surface area contributed by atoms with Crippen LogP contribution in [-0.4, -0.2) is 70.8 Å². The highest BCUT2D eigenvalue weighted by molar-refractivity contribution is 5.91. The summed E-state index contributed by atoms with van der Waals surface area (Å²) >= 11 is 0. The third-order valence-electron chi connectivity index (χ3n) is 5.01. The Morgan fingerprint density at radius 2 is 2.21 bits per heavy atom. The van der Waals surface area contributed by atoms with Crippen LogP contribution < -0.4 is 10.1 Å². The zero-order valence-corrected chi connectivity index (χ0v) is 16.8. The zero-order chi connectivity index (χ0) is 20.5. The molecule has 1 aliphatic heterocycles. The van der Waals surface area contributed by atoms with Gasteiger partial charge in [0.2, 0.25) is 0 Å². The minimum atomic E-state index is -0.250. The van der Waals surface area contributed by atoms with Crippen LogP contribution in [0.1, 0.15) is 41.4 Å². The highest BCUT2D eigenvalue weighted by Crippen LogP contribution is 2.21. The number of aliphatic hydroxyl groups excluding tert-OH is 1. The first-order valence-corrected chi connectivity index (χ1v) is 10.0. The van der Waals surface area contributed by atoms with Crippen molar-refractivity contribution in [2.24, 2.45) is 0 Å². The Hall–Kier alpha value is -2.71. The van der Waals surface area contributed by atoms with Crippen molar-refractivity contribution in [3.63, 3.8) is 0 Å². The first-order valence-electron chi connectivity index (χ1n) is 10.0. The number of carbonyl (C=O) groups excluding carboxylic acids is 1. The second-order valence-electron chi connectivity index (χ2n) is 7.15. The third-order valence-corrected chi connectivity index (χ3v) is 5.01. The molecule has 1 atom stereocenters. The monoisotopic (exact) mass is 399 g/mol. The SMILES string of the molecule is COc1ccc(/C=C/CN2CCCC(n3cc(C(=O)NCCCO)nn3)C2)cc1. The van der Waals surface area contributed by atoms with Gasteiger partial charge in [0.25, 0.3) is 5.91 Å². The van der Waals surface area contributed by atoms with Crippen molar-refractivity contribution < 1.29 is 14.6 Å². The molecule has 1 saturated heterocycles. The maximum atomic E-state index is 12.1. The summed E-state index contributed by atoms with van der Waals surface area (Å²) in [5, 5.41) is 19.7. The number of benzene rings is 1. The van der Waals surface area contributed by atoms with Crippen LogP contribution in [0.2, 0.25) is 0 Å². The number of rotatable bonds is 9. The van der Waals surface area contributed by atoms with Crippen molar-refractivity contribution in [3.05, 3.63) is 47.8 Å². The van der Waals surface area contributed by atoms with Crippen LogP contribution in [0.15, 0.2) is 36.5 Å². The summed E-state index contributed by atoms with van der Waals surface area (Å²) in [4.78, 5) is 14.4. The lowest BCUT2D eigenvalue weighted by atomic mass is 10.1. The molecule has 1 fully saturated rings. The molecule has 2 heterocycles. The Bertz CT molecular complexity index is 803. The fraction of sp³-hybridized carbons (Fsp3) is 0.476. The van der Waals surface area contributed by atoms with E-state index in [1.54, 1.807) is 18.0 Å². The molecule has 1 aromatic heterocycles. The molecule has 2 aromatic rings. The Kier molecular flexibility index (Phi) is 7.77. The summed E-state index contributed by atoms with van der Waals surface area (Å²) in [6.45, 7) is 3.28. The fourth-order valence-corrected chi connectivity index (χ4v) is 3.40. The van der Waals surface area contributed by atoms with Gasteiger partial charge in [-0.05, 0) is 43.5 Å². The van der Waals surface area contributed by atoms with Crippen LogP contribution in [0.4, 0.5) is 0 Å². The number of likely N-dealkylation sites (tertiary alicyclic amines) is 1. The number of aliphatic hydroxyl groups is 1. The van der Waals surface area contributed by atoms with Gasteiger partial charge >= 0.3 is 0 Å². The Morgan fingerprint density at radius 3 is 2.97 bits per heavy atom. The van der Waals surface area contributed by atoms with Crippen LogP contribution in [-0.2, 0) is 0 Å². The standard InChI is InChI=1S/C21H29N5O3/c1-29-19-9-7-17(8-10-19)5-2-12-25-13-3-6-18(15-25)26-16-20(23-24-26)21(28)22-11-4-14-27/h2,5,7-10,16,18,27H,3-4,6,11-15H2,1H3,(H,22,28)/b5-2+. The number of carbonyl (C=O) groups is 1. The van der Waals surface area contributed by atoms with Crippen LogP contribution in [0.25, 0.3) is 6.08 Å². The predicted molar refractivity (Wildman–Crippen MR) is 111 cm³/mol. The molecule has 0 bridgehead atoms. The van der Waals surface area contributed by atoms with E-state index in [0.29, 0.717) is 18.7 Å². The van der Waals surface area contributed by atoms with Crippen LogP contribution in [0.5, 0.6) is 5.75 Å². The molecule has 8 heteroatoms. The van der Waals surface area contributed by atoms with Crippen molar-refractivity contribution in [3.8, 4) is 5.75 Å². The number of piperidine rings is 1. The van der Waals surface area contributed by atoms with Crippen molar-refractivity contribution in [1.29, 1.82) is 0 Å². The van der Waals surface area contributed by atoms with Gasteiger partial charge in [-0.3, -0.25) is 9.69 Å². The molecule has 1 unspecified atom stereocenters. The smallest absolute Gasteiger partial charge is 0.273 e. The van der Waals surface area contributed by atoms with Gasteiger partial charge in [-0.25, -0.2) is 4.68 Å². The summed E-state index contributed by atoms with van der Waals surface area (Å²) in [6.07, 6.45) is 8.64. The number of hydrogen-bond acceptors (Lipinski definition) is 6. The van der Waals surface area contributed by atoms with Crippen molar-refractivity contribution in [1.82, 2.24) is 25.2 Å². The number of nitrogens with one attached hydrogen (secondary N) is 1. The fourth-order valence-electron chi connectivity index (χ4n) is 3.40. The molecule has 1 aliphatic rings. The Morgan fingerprint density at radius 1 is 1.38 bits per heavy atom. The average molecular weight is 399 g/mol. The number of methoxy groups -OCH3 is 1. The van der Waals surface area contributed by atoms with E-state index in [0.717, 1.165) is 43.8 Å². The average Bonchev–Trinajstić information content (AvgIpc) is 3.25. The third kappa shape index (κ3) is 6.13. The lowest BCUT2D eigenvalue weighted by Gasteiger charge is -2.31. The molecule has 0 spiro atoms. The van der Waals surface area contributed by atoms with Gasteiger partial charge < -0.3 is 15.2 Å². The number of hydrogen-bond donors (Lipinski definition) is 2. The second-order valence-corrected chi connectivity index (χ2v) is 7.15. The first kappa shape index (κ1) is 21.0. The molecule has 1 amide bonds. The molecule has 2 N–H and O–H groups in total. The first-order chi connectivity index (χ1) is 14.2. The van der Waals surface area contributed by atoms with E-state index < -0.39 is 0 Å². The van der Waals surface area contributed by atoms with Crippen LogP contribution in [0.3, 0.4) is 0 Å². The minimum absolute atomic E-state index is 0.0534. The second kappa shape index (κ2) is 10.7. The van der Waals surface area contributed by atoms with E-state index in [4.69, 9.17) is 9.84 Å². The molecular weight excluding hydrogens is 370 g/mol. The highest BCUT2D eigenvalue weighted by atomic mass is 16.5. The van der Waals surface area contributed by atoms with E-state index in [9.17, 15) is 4.79 Å². The van der Waals surface area contributed by atoms with Crippen molar-refractivity contribution in [2.45, 2.75) is 25.3 Å². The maximum absolute atomic E-state index is 12.1. The van der Waals surface area contributed by atoms with Crippen LogP contribution >= 0.6 is 0 Å². The lowest BCUT2D eigenvalue weighted by molar-refractivity contribution is 0.0946. The van der Waals surface area contributed by atoms with Gasteiger partial charge in [0.05, 0.1) is 19.3 Å². The van der Waals surface area contributed by atoms with E-state index in [1.165, 1.54) is 0 Å². The van der Waals surface area contributed by atoms with E-state index in [1.807, 2.05) is 24.3 Å². The normalized spacial score (nSPS) is 17.5. The lowest BCUT2D eigenvalue weighted by Crippen LogP contribution is -2.36.